The van der Waals surface area contributed by atoms with E-state index in [1.54, 1.807) is 22.6 Å². The molecule has 0 aliphatic carbocycles. The van der Waals surface area contributed by atoms with Crippen LogP contribution in [0.25, 0.3) is 0 Å². The summed E-state index contributed by atoms with van der Waals surface area (Å²) in [6.45, 7) is 4.49. The first-order valence-corrected chi connectivity index (χ1v) is 9.08. The van der Waals surface area contributed by atoms with E-state index in [1.807, 2.05) is 0 Å². The van der Waals surface area contributed by atoms with Crippen LogP contribution in [-0.2, 0) is 10.0 Å². The van der Waals surface area contributed by atoms with Crippen LogP contribution < -0.4 is 0 Å². The lowest BCUT2D eigenvalue weighted by atomic mass is 10.1. The molecule has 1 aromatic heterocycles. The van der Waals surface area contributed by atoms with Gasteiger partial charge in [-0.3, -0.25) is 0 Å². The maximum Gasteiger partial charge on any atom is 0.214 e. The first-order valence-electron chi connectivity index (χ1n) is 6.59. The average Bonchev–Trinajstić information content (AvgIpc) is 2.63. The molecule has 0 N–H and O–H groups in total. The molecule has 1 atom stereocenters. The first-order chi connectivity index (χ1) is 8.56. The van der Waals surface area contributed by atoms with Crippen molar-refractivity contribution in [1.82, 2.24) is 4.31 Å². The highest BCUT2D eigenvalue weighted by Crippen LogP contribution is 2.36. The van der Waals surface area contributed by atoms with Crippen molar-refractivity contribution in [2.45, 2.75) is 45.6 Å². The Labute approximate surface area is 114 Å². The van der Waals surface area contributed by atoms with Crippen LogP contribution in [0.1, 0.15) is 49.1 Å². The number of hydrogen-bond donors (Lipinski definition) is 0. The third kappa shape index (κ3) is 2.78. The standard InChI is InChI=1S/C13H21NO2S2/c1-3-18(15,16)14-9-6-4-5-7-12(14)13-11(2)8-10-17-13/h8,10,12H,3-7,9H2,1-2H3/t12-/m1/s1. The zero-order chi connectivity index (χ0) is 13.2. The molecule has 1 aliphatic rings. The lowest BCUT2D eigenvalue weighted by Gasteiger charge is -2.28. The molecule has 0 spiro atoms. The Kier molecular flexibility index (Phi) is 4.45. The van der Waals surface area contributed by atoms with Crippen LogP contribution in [0, 0.1) is 6.92 Å². The first kappa shape index (κ1) is 14.0. The Bertz CT molecular complexity index is 493. The van der Waals surface area contributed by atoms with Gasteiger partial charge in [-0.1, -0.05) is 12.8 Å². The van der Waals surface area contributed by atoms with Crippen molar-refractivity contribution in [3.8, 4) is 0 Å². The fourth-order valence-electron chi connectivity index (χ4n) is 2.57. The molecule has 1 aliphatic heterocycles. The molecule has 18 heavy (non-hydrogen) atoms. The van der Waals surface area contributed by atoms with Gasteiger partial charge in [-0.25, -0.2) is 8.42 Å². The van der Waals surface area contributed by atoms with Crippen molar-refractivity contribution in [2.75, 3.05) is 12.3 Å². The van der Waals surface area contributed by atoms with Gasteiger partial charge in [-0.2, -0.15) is 4.31 Å². The summed E-state index contributed by atoms with van der Waals surface area (Å²) in [5, 5.41) is 2.06. The van der Waals surface area contributed by atoms with E-state index in [2.05, 4.69) is 18.4 Å². The molecule has 102 valence electrons. The van der Waals surface area contributed by atoms with Crippen LogP contribution in [0.4, 0.5) is 0 Å². The monoisotopic (exact) mass is 287 g/mol. The summed E-state index contributed by atoms with van der Waals surface area (Å²) in [4.78, 5) is 1.23. The third-order valence-electron chi connectivity index (χ3n) is 3.63. The SMILES string of the molecule is CCS(=O)(=O)N1CCCCC[C@@H]1c1sccc1C. The molecule has 2 heterocycles. The van der Waals surface area contributed by atoms with Crippen LogP contribution in [0.15, 0.2) is 11.4 Å². The Hall–Kier alpha value is -0.390. The minimum atomic E-state index is -3.10. The fourth-order valence-corrected chi connectivity index (χ4v) is 5.05. The highest BCUT2D eigenvalue weighted by atomic mass is 32.2. The lowest BCUT2D eigenvalue weighted by molar-refractivity contribution is 0.333. The molecule has 0 saturated carbocycles. The topological polar surface area (TPSA) is 37.4 Å². The number of rotatable bonds is 3. The maximum atomic E-state index is 12.3. The molecule has 0 aromatic carbocycles. The van der Waals surface area contributed by atoms with Crippen LogP contribution in [0.5, 0.6) is 0 Å². The zero-order valence-electron chi connectivity index (χ0n) is 11.1. The Morgan fingerprint density at radius 1 is 1.39 bits per heavy atom. The number of nitrogens with zero attached hydrogens (tertiary/aromatic N) is 1. The predicted octanol–water partition coefficient (Wildman–Crippen LogP) is 3.32. The second kappa shape index (κ2) is 5.72. The maximum absolute atomic E-state index is 12.3. The van der Waals surface area contributed by atoms with Gasteiger partial charge in [0.05, 0.1) is 11.8 Å². The van der Waals surface area contributed by atoms with E-state index < -0.39 is 10.0 Å². The minimum absolute atomic E-state index is 0.0671. The van der Waals surface area contributed by atoms with Gasteiger partial charge in [0.15, 0.2) is 0 Å². The average molecular weight is 287 g/mol. The summed E-state index contributed by atoms with van der Waals surface area (Å²) >= 11 is 1.69. The largest absolute Gasteiger partial charge is 0.214 e. The molecule has 5 heteroatoms. The summed E-state index contributed by atoms with van der Waals surface area (Å²) in [6.07, 6.45) is 4.20. The molecular formula is C13H21NO2S2. The molecule has 0 amide bonds. The van der Waals surface area contributed by atoms with E-state index in [0.717, 1.165) is 25.7 Å². The number of hydrogen-bond acceptors (Lipinski definition) is 3. The summed E-state index contributed by atoms with van der Waals surface area (Å²) < 4.78 is 26.3. The Morgan fingerprint density at radius 2 is 2.17 bits per heavy atom. The van der Waals surface area contributed by atoms with Gasteiger partial charge in [0, 0.05) is 11.4 Å². The van der Waals surface area contributed by atoms with Crippen molar-refractivity contribution in [3.63, 3.8) is 0 Å². The highest BCUT2D eigenvalue weighted by Gasteiger charge is 2.32. The molecule has 2 rings (SSSR count). The lowest BCUT2D eigenvalue weighted by Crippen LogP contribution is -2.35. The molecule has 1 fully saturated rings. The van der Waals surface area contributed by atoms with Gasteiger partial charge in [0.1, 0.15) is 0 Å². The van der Waals surface area contributed by atoms with Crippen LogP contribution in [0.2, 0.25) is 0 Å². The van der Waals surface area contributed by atoms with Gasteiger partial charge in [-0.05, 0) is 43.7 Å². The van der Waals surface area contributed by atoms with Crippen molar-refractivity contribution >= 4 is 21.4 Å². The summed E-state index contributed by atoms with van der Waals surface area (Å²) in [7, 11) is -3.10. The van der Waals surface area contributed by atoms with E-state index in [9.17, 15) is 8.42 Å². The van der Waals surface area contributed by atoms with E-state index in [4.69, 9.17) is 0 Å². The molecule has 1 aromatic rings. The molecule has 0 bridgehead atoms. The molecule has 3 nitrogen and oxygen atoms in total. The second-order valence-corrected chi connectivity index (χ2v) is 8.00. The number of sulfonamides is 1. The molecule has 0 radical (unpaired) electrons. The van der Waals surface area contributed by atoms with E-state index in [0.29, 0.717) is 6.54 Å². The van der Waals surface area contributed by atoms with Crippen molar-refractivity contribution in [2.24, 2.45) is 0 Å². The predicted molar refractivity (Wildman–Crippen MR) is 76.4 cm³/mol. The van der Waals surface area contributed by atoms with E-state index >= 15 is 0 Å². The van der Waals surface area contributed by atoms with Crippen LogP contribution >= 0.6 is 11.3 Å². The third-order valence-corrected chi connectivity index (χ3v) is 6.63. The summed E-state index contributed by atoms with van der Waals surface area (Å²) in [6, 6.07) is 2.15. The quantitative estimate of drug-likeness (QED) is 0.855. The zero-order valence-corrected chi connectivity index (χ0v) is 12.7. The van der Waals surface area contributed by atoms with Crippen molar-refractivity contribution < 1.29 is 8.42 Å². The second-order valence-electron chi connectivity index (χ2n) is 4.84. The van der Waals surface area contributed by atoms with Crippen molar-refractivity contribution in [3.05, 3.63) is 21.9 Å². The van der Waals surface area contributed by atoms with Gasteiger partial charge in [0.25, 0.3) is 0 Å². The summed E-state index contributed by atoms with van der Waals surface area (Å²) in [5.41, 5.74) is 1.23. The Morgan fingerprint density at radius 3 is 2.78 bits per heavy atom. The fraction of sp³-hybridized carbons (Fsp3) is 0.692. The normalized spacial score (nSPS) is 22.9. The van der Waals surface area contributed by atoms with Crippen LogP contribution in [0.3, 0.4) is 0 Å². The molecule has 1 saturated heterocycles. The minimum Gasteiger partial charge on any atom is -0.212 e. The van der Waals surface area contributed by atoms with E-state index in [-0.39, 0.29) is 11.8 Å². The smallest absolute Gasteiger partial charge is 0.212 e. The highest BCUT2D eigenvalue weighted by molar-refractivity contribution is 7.89. The van der Waals surface area contributed by atoms with Crippen LogP contribution in [-0.4, -0.2) is 25.0 Å². The van der Waals surface area contributed by atoms with Gasteiger partial charge in [-0.15, -0.1) is 11.3 Å². The summed E-state index contributed by atoms with van der Waals surface area (Å²) in [5.74, 6) is 0.202. The van der Waals surface area contributed by atoms with Gasteiger partial charge < -0.3 is 0 Å². The van der Waals surface area contributed by atoms with Crippen molar-refractivity contribution in [1.29, 1.82) is 0 Å². The number of thiophene rings is 1. The van der Waals surface area contributed by atoms with E-state index in [1.165, 1.54) is 10.4 Å². The van der Waals surface area contributed by atoms with Gasteiger partial charge >= 0.3 is 0 Å². The van der Waals surface area contributed by atoms with Gasteiger partial charge in [0.2, 0.25) is 10.0 Å². The molecule has 0 unspecified atom stereocenters. The Balaban J connectivity index is 2.37. The molecular weight excluding hydrogens is 266 g/mol. The number of aryl methyl sites for hydroxylation is 1.